The third-order valence-corrected chi connectivity index (χ3v) is 4.15. The molecule has 0 radical (unpaired) electrons. The molecule has 23 heavy (non-hydrogen) atoms. The van der Waals surface area contributed by atoms with Crippen molar-refractivity contribution in [1.82, 2.24) is 4.98 Å². The number of hydrogen-bond acceptors (Lipinski definition) is 2. The lowest BCUT2D eigenvalue weighted by Crippen LogP contribution is -2.26. The van der Waals surface area contributed by atoms with E-state index in [4.69, 9.17) is 0 Å². The zero-order chi connectivity index (χ0) is 15.6. The van der Waals surface area contributed by atoms with Crippen LogP contribution in [0.4, 0.5) is 5.69 Å². The number of hydrogen-bond donors (Lipinski definition) is 0. The summed E-state index contributed by atoms with van der Waals surface area (Å²) in [5.41, 5.74) is 5.46. The van der Waals surface area contributed by atoms with Crippen molar-refractivity contribution in [3.63, 3.8) is 0 Å². The molecule has 2 aromatic rings. The average Bonchev–Trinajstić information content (AvgIpc) is 2.92. The van der Waals surface area contributed by atoms with Crippen molar-refractivity contribution < 1.29 is 4.79 Å². The van der Waals surface area contributed by atoms with Crippen LogP contribution in [-0.2, 0) is 11.2 Å². The number of allylic oxidation sites excluding steroid dienone is 4. The number of amides is 1. The van der Waals surface area contributed by atoms with Gasteiger partial charge in [0.05, 0.1) is 12.1 Å². The summed E-state index contributed by atoms with van der Waals surface area (Å²) in [5.74, 6) is 0.149. The van der Waals surface area contributed by atoms with Crippen LogP contribution in [0.5, 0.6) is 0 Å². The van der Waals surface area contributed by atoms with Gasteiger partial charge in [0, 0.05) is 24.5 Å². The Labute approximate surface area is 135 Å². The molecule has 0 saturated heterocycles. The average molecular weight is 300 g/mol. The van der Waals surface area contributed by atoms with Gasteiger partial charge in [-0.1, -0.05) is 36.4 Å². The lowest BCUT2D eigenvalue weighted by Gasteiger charge is -2.23. The van der Waals surface area contributed by atoms with Crippen LogP contribution >= 0.6 is 0 Å². The van der Waals surface area contributed by atoms with Gasteiger partial charge >= 0.3 is 0 Å². The van der Waals surface area contributed by atoms with Crippen LogP contribution in [0, 0.1) is 0 Å². The van der Waals surface area contributed by atoms with Crippen LogP contribution in [0.15, 0.2) is 78.3 Å². The molecular weight excluding hydrogens is 284 g/mol. The van der Waals surface area contributed by atoms with Gasteiger partial charge in [-0.3, -0.25) is 14.7 Å². The van der Waals surface area contributed by atoms with Crippen molar-refractivity contribution in [2.75, 3.05) is 4.90 Å². The number of rotatable bonds is 2. The predicted molar refractivity (Wildman–Crippen MR) is 91.7 cm³/mol. The van der Waals surface area contributed by atoms with Gasteiger partial charge in [-0.2, -0.15) is 0 Å². The van der Waals surface area contributed by atoms with Gasteiger partial charge in [0.1, 0.15) is 0 Å². The Balaban J connectivity index is 1.64. The Bertz CT molecular complexity index is 847. The normalized spacial score (nSPS) is 18.3. The van der Waals surface area contributed by atoms with Gasteiger partial charge in [0.15, 0.2) is 0 Å². The van der Waals surface area contributed by atoms with Crippen LogP contribution in [0.1, 0.15) is 17.5 Å². The van der Waals surface area contributed by atoms with Crippen molar-refractivity contribution in [3.05, 3.63) is 89.4 Å². The fourth-order valence-electron chi connectivity index (χ4n) is 3.11. The predicted octanol–water partition coefficient (Wildman–Crippen LogP) is 3.90. The monoisotopic (exact) mass is 300 g/mol. The molecule has 0 saturated carbocycles. The minimum absolute atomic E-state index is 0.149. The van der Waals surface area contributed by atoms with Gasteiger partial charge in [-0.15, -0.1) is 0 Å². The molecule has 0 unspecified atom stereocenters. The summed E-state index contributed by atoms with van der Waals surface area (Å²) < 4.78 is 0. The number of anilines is 1. The maximum absolute atomic E-state index is 12.4. The minimum Gasteiger partial charge on any atom is -0.284 e. The Kier molecular flexibility index (Phi) is 3.39. The lowest BCUT2D eigenvalue weighted by atomic mass is 10.0. The van der Waals surface area contributed by atoms with Gasteiger partial charge in [-0.25, -0.2) is 0 Å². The van der Waals surface area contributed by atoms with Crippen LogP contribution in [-0.4, -0.2) is 10.9 Å². The fraction of sp³-hybridized carbons (Fsp3) is 0.100. The molecule has 0 N–H and O–H groups in total. The van der Waals surface area contributed by atoms with Crippen LogP contribution in [0.3, 0.4) is 0 Å². The highest BCUT2D eigenvalue weighted by atomic mass is 16.2. The molecule has 3 nitrogen and oxygen atoms in total. The van der Waals surface area contributed by atoms with E-state index in [1.807, 2.05) is 53.5 Å². The highest BCUT2D eigenvalue weighted by Crippen LogP contribution is 2.35. The lowest BCUT2D eigenvalue weighted by molar-refractivity contribution is -0.116. The zero-order valence-electron chi connectivity index (χ0n) is 12.6. The second-order valence-corrected chi connectivity index (χ2v) is 5.73. The summed E-state index contributed by atoms with van der Waals surface area (Å²) in [4.78, 5) is 18.3. The minimum atomic E-state index is 0.149. The number of para-hydroxylation sites is 1. The quantitative estimate of drug-likeness (QED) is 0.843. The van der Waals surface area contributed by atoms with Crippen molar-refractivity contribution in [2.45, 2.75) is 12.8 Å². The molecule has 1 aliphatic carbocycles. The van der Waals surface area contributed by atoms with E-state index in [0.29, 0.717) is 6.42 Å². The molecule has 1 aliphatic heterocycles. The van der Waals surface area contributed by atoms with Gasteiger partial charge in [-0.05, 0) is 41.0 Å². The topological polar surface area (TPSA) is 33.2 Å². The first kappa shape index (κ1) is 13.7. The fourth-order valence-corrected chi connectivity index (χ4v) is 3.11. The smallest absolute Gasteiger partial charge is 0.235 e. The van der Waals surface area contributed by atoms with E-state index in [0.717, 1.165) is 28.9 Å². The zero-order valence-corrected chi connectivity index (χ0v) is 12.6. The third-order valence-electron chi connectivity index (χ3n) is 4.15. The SMILES string of the molecule is O=C1Cc2ccccc2N1C1=CC=C/C(=C\c2ccncc2)C1. The number of nitrogens with zero attached hydrogens (tertiary/aromatic N) is 2. The van der Waals surface area contributed by atoms with E-state index in [1.165, 1.54) is 5.57 Å². The van der Waals surface area contributed by atoms with Crippen molar-refractivity contribution >= 4 is 17.7 Å². The van der Waals surface area contributed by atoms with E-state index in [2.05, 4.69) is 17.1 Å². The molecule has 1 aromatic heterocycles. The first-order valence-corrected chi connectivity index (χ1v) is 7.70. The van der Waals surface area contributed by atoms with E-state index < -0.39 is 0 Å². The number of carbonyl (C=O) groups excluding carboxylic acids is 1. The van der Waals surface area contributed by atoms with E-state index in [-0.39, 0.29) is 5.91 Å². The van der Waals surface area contributed by atoms with Crippen LogP contribution in [0.2, 0.25) is 0 Å². The molecule has 112 valence electrons. The summed E-state index contributed by atoms with van der Waals surface area (Å²) in [6.07, 6.45) is 13.1. The summed E-state index contributed by atoms with van der Waals surface area (Å²) >= 11 is 0. The second-order valence-electron chi connectivity index (χ2n) is 5.73. The maximum atomic E-state index is 12.4. The van der Waals surface area contributed by atoms with Gasteiger partial charge < -0.3 is 0 Å². The Morgan fingerprint density at radius 2 is 1.87 bits per heavy atom. The van der Waals surface area contributed by atoms with E-state index in [1.54, 1.807) is 12.4 Å². The summed E-state index contributed by atoms with van der Waals surface area (Å²) in [6, 6.07) is 12.0. The highest BCUT2D eigenvalue weighted by Gasteiger charge is 2.29. The van der Waals surface area contributed by atoms with Crippen molar-refractivity contribution in [1.29, 1.82) is 0 Å². The summed E-state index contributed by atoms with van der Waals surface area (Å²) in [5, 5.41) is 0. The summed E-state index contributed by atoms with van der Waals surface area (Å²) in [6.45, 7) is 0. The number of pyridine rings is 1. The van der Waals surface area contributed by atoms with Gasteiger partial charge in [0.25, 0.3) is 0 Å². The maximum Gasteiger partial charge on any atom is 0.235 e. The van der Waals surface area contributed by atoms with Crippen molar-refractivity contribution in [3.8, 4) is 0 Å². The Morgan fingerprint density at radius 3 is 2.74 bits per heavy atom. The molecule has 0 bridgehead atoms. The Morgan fingerprint density at radius 1 is 1.04 bits per heavy atom. The molecule has 4 rings (SSSR count). The first-order valence-electron chi connectivity index (χ1n) is 7.70. The van der Waals surface area contributed by atoms with Crippen LogP contribution in [0.25, 0.3) is 6.08 Å². The molecule has 2 aliphatic rings. The Hall–Kier alpha value is -2.94. The van der Waals surface area contributed by atoms with Crippen LogP contribution < -0.4 is 4.90 Å². The first-order chi connectivity index (χ1) is 11.3. The molecule has 0 spiro atoms. The number of carbonyl (C=O) groups is 1. The van der Waals surface area contributed by atoms with E-state index in [9.17, 15) is 4.79 Å². The number of aromatic nitrogens is 1. The third kappa shape index (κ3) is 2.61. The molecule has 1 aromatic carbocycles. The summed E-state index contributed by atoms with van der Waals surface area (Å²) in [7, 11) is 0. The molecule has 0 atom stereocenters. The standard InChI is InChI=1S/C20H16N2O/c23-20-14-17-5-1-2-7-19(17)22(20)18-6-3-4-16(13-18)12-15-8-10-21-11-9-15/h1-12H,13-14H2/b16-12+. The largest absolute Gasteiger partial charge is 0.284 e. The van der Waals surface area contributed by atoms with E-state index >= 15 is 0 Å². The molecule has 1 amide bonds. The molecular formula is C20H16N2O. The van der Waals surface area contributed by atoms with Crippen molar-refractivity contribution in [2.24, 2.45) is 0 Å². The number of benzene rings is 1. The second kappa shape index (κ2) is 5.69. The molecule has 2 heterocycles. The van der Waals surface area contributed by atoms with Gasteiger partial charge in [0.2, 0.25) is 5.91 Å². The highest BCUT2D eigenvalue weighted by molar-refractivity contribution is 6.04. The molecule has 3 heteroatoms. The molecule has 0 fully saturated rings. The number of fused-ring (bicyclic) bond motifs is 1.